The number of nitrogens with one attached hydrogen (secondary N) is 1. The first-order valence-electron chi connectivity index (χ1n) is 8.94. The summed E-state index contributed by atoms with van der Waals surface area (Å²) in [6, 6.07) is 0. The summed E-state index contributed by atoms with van der Waals surface area (Å²) in [5.74, 6) is 4.42. The summed E-state index contributed by atoms with van der Waals surface area (Å²) in [5.41, 5.74) is 1.89. The number of hydrogen-bond acceptors (Lipinski definition) is 13. The van der Waals surface area contributed by atoms with Gasteiger partial charge in [-0.15, -0.1) is 0 Å². The number of ether oxygens (including phenoxy) is 4. The Balaban J connectivity index is 2.12. The van der Waals surface area contributed by atoms with Crippen molar-refractivity contribution in [3.05, 3.63) is 0 Å². The first-order valence-corrected chi connectivity index (χ1v) is 8.94. The van der Waals surface area contributed by atoms with Crippen molar-refractivity contribution in [1.82, 2.24) is 5.43 Å². The van der Waals surface area contributed by atoms with Crippen LogP contribution in [0.15, 0.2) is 0 Å². The summed E-state index contributed by atoms with van der Waals surface area (Å²) in [6.07, 6.45) is -15.6. The summed E-state index contributed by atoms with van der Waals surface area (Å²) in [7, 11) is 0. The van der Waals surface area contributed by atoms with Crippen LogP contribution >= 0.6 is 0 Å². The molecule has 2 saturated heterocycles. The smallest absolute Gasteiger partial charge is 0.236 e. The van der Waals surface area contributed by atoms with E-state index in [-0.39, 0.29) is 13.0 Å². The average molecular weight is 428 g/mol. The second kappa shape index (κ2) is 10.9. The molecule has 2 aliphatic heterocycles. The van der Waals surface area contributed by atoms with Crippen molar-refractivity contribution in [2.75, 3.05) is 19.8 Å². The molecule has 0 spiro atoms. The van der Waals surface area contributed by atoms with E-state index in [2.05, 4.69) is 0 Å². The number of hydrogen-bond donors (Lipinski definition) is 9. The predicted octanol–water partition coefficient (Wildman–Crippen LogP) is -5.99. The minimum atomic E-state index is -1.77. The molecular formula is C15H28N2O12. The van der Waals surface area contributed by atoms with Gasteiger partial charge in [-0.05, 0) is 0 Å². The molecule has 0 aromatic rings. The van der Waals surface area contributed by atoms with Crippen LogP contribution in [0, 0.1) is 0 Å². The summed E-state index contributed by atoms with van der Waals surface area (Å²) < 4.78 is 21.4. The van der Waals surface area contributed by atoms with Crippen LogP contribution in [0.2, 0.25) is 0 Å². The molecule has 0 saturated carbocycles. The molecular weight excluding hydrogens is 400 g/mol. The molecule has 10 atom stereocenters. The Morgan fingerprint density at radius 1 is 0.862 bits per heavy atom. The molecule has 0 radical (unpaired) electrons. The van der Waals surface area contributed by atoms with Gasteiger partial charge < -0.3 is 54.7 Å². The summed E-state index contributed by atoms with van der Waals surface area (Å²) in [5, 5.41) is 68.8. The highest BCUT2D eigenvalue weighted by Crippen LogP contribution is 2.29. The van der Waals surface area contributed by atoms with E-state index in [0.717, 1.165) is 0 Å². The van der Waals surface area contributed by atoms with Crippen LogP contribution in [-0.4, -0.2) is 123 Å². The van der Waals surface area contributed by atoms with E-state index in [0.29, 0.717) is 0 Å². The Kier molecular flexibility index (Phi) is 9.08. The topological polar surface area (TPSA) is 234 Å². The molecule has 2 rings (SSSR count). The number of amides is 1. The first kappa shape index (κ1) is 24.3. The van der Waals surface area contributed by atoms with Crippen molar-refractivity contribution < 1.29 is 59.5 Å². The van der Waals surface area contributed by atoms with Crippen LogP contribution in [0.3, 0.4) is 0 Å². The number of aliphatic hydroxyl groups excluding tert-OH is 7. The monoisotopic (exact) mass is 428 g/mol. The molecule has 2 heterocycles. The second-order valence-corrected chi connectivity index (χ2v) is 6.69. The Morgan fingerprint density at radius 3 is 1.97 bits per heavy atom. The SMILES string of the molecule is NNC(=O)CCOC1OC(CO)C(O)C(O)C1OC1OC(CO)C(O)C(O)C1O. The lowest BCUT2D eigenvalue weighted by atomic mass is 9.97. The largest absolute Gasteiger partial charge is 0.394 e. The highest BCUT2D eigenvalue weighted by molar-refractivity contribution is 5.75. The molecule has 2 fully saturated rings. The zero-order chi connectivity index (χ0) is 21.7. The lowest BCUT2D eigenvalue weighted by Crippen LogP contribution is -2.64. The van der Waals surface area contributed by atoms with Gasteiger partial charge in [0, 0.05) is 0 Å². The summed E-state index contributed by atoms with van der Waals surface area (Å²) in [6.45, 7) is -1.59. The molecule has 10 unspecified atom stereocenters. The van der Waals surface area contributed by atoms with Gasteiger partial charge in [-0.1, -0.05) is 0 Å². The van der Waals surface area contributed by atoms with Crippen LogP contribution in [0.1, 0.15) is 6.42 Å². The van der Waals surface area contributed by atoms with Crippen LogP contribution in [0.4, 0.5) is 0 Å². The van der Waals surface area contributed by atoms with E-state index in [1.807, 2.05) is 5.43 Å². The Bertz CT molecular complexity index is 526. The van der Waals surface area contributed by atoms with Gasteiger partial charge >= 0.3 is 0 Å². The van der Waals surface area contributed by atoms with E-state index < -0.39 is 80.5 Å². The highest BCUT2D eigenvalue weighted by atomic mass is 16.8. The van der Waals surface area contributed by atoms with Crippen molar-refractivity contribution in [3.8, 4) is 0 Å². The number of hydrazine groups is 1. The summed E-state index contributed by atoms with van der Waals surface area (Å²) >= 11 is 0. The van der Waals surface area contributed by atoms with Gasteiger partial charge in [0.05, 0.1) is 26.2 Å². The lowest BCUT2D eigenvalue weighted by molar-refractivity contribution is -0.367. The zero-order valence-electron chi connectivity index (χ0n) is 15.4. The molecule has 1 amide bonds. The van der Waals surface area contributed by atoms with E-state index in [1.165, 1.54) is 0 Å². The van der Waals surface area contributed by atoms with Crippen molar-refractivity contribution in [2.24, 2.45) is 5.84 Å². The molecule has 29 heavy (non-hydrogen) atoms. The number of carbonyl (C=O) groups is 1. The van der Waals surface area contributed by atoms with Crippen LogP contribution in [0.25, 0.3) is 0 Å². The molecule has 170 valence electrons. The number of rotatable bonds is 8. The molecule has 2 aliphatic rings. The van der Waals surface area contributed by atoms with Gasteiger partial charge in [-0.2, -0.15) is 0 Å². The predicted molar refractivity (Wildman–Crippen MR) is 89.3 cm³/mol. The number of carbonyl (C=O) groups excluding carboxylic acids is 1. The van der Waals surface area contributed by atoms with Crippen LogP contribution in [-0.2, 0) is 23.7 Å². The van der Waals surface area contributed by atoms with Gasteiger partial charge in [0.15, 0.2) is 12.6 Å². The standard InChI is InChI=1S/C15H28N2O12/c16-17-7(20)1-2-26-15-13(11(24)9(22)6(4-19)28-15)29-14-12(25)10(23)8(21)5(3-18)27-14/h5-6,8-15,18-19,21-25H,1-4,16H2,(H,17,20). The third-order valence-corrected chi connectivity index (χ3v) is 4.74. The molecule has 14 nitrogen and oxygen atoms in total. The van der Waals surface area contributed by atoms with Crippen molar-refractivity contribution in [1.29, 1.82) is 0 Å². The average Bonchev–Trinajstić information content (AvgIpc) is 2.72. The quantitative estimate of drug-likeness (QED) is 0.0996. The van der Waals surface area contributed by atoms with Gasteiger partial charge in [0.1, 0.15) is 48.8 Å². The van der Waals surface area contributed by atoms with Crippen molar-refractivity contribution >= 4 is 5.91 Å². The van der Waals surface area contributed by atoms with Gasteiger partial charge in [-0.3, -0.25) is 10.2 Å². The molecule has 0 bridgehead atoms. The van der Waals surface area contributed by atoms with Crippen molar-refractivity contribution in [3.63, 3.8) is 0 Å². The van der Waals surface area contributed by atoms with E-state index in [4.69, 9.17) is 24.8 Å². The minimum absolute atomic E-state index is 0.175. The van der Waals surface area contributed by atoms with Gasteiger partial charge in [0.2, 0.25) is 5.91 Å². The second-order valence-electron chi connectivity index (χ2n) is 6.69. The van der Waals surface area contributed by atoms with E-state index in [9.17, 15) is 40.5 Å². The maximum Gasteiger partial charge on any atom is 0.236 e. The maximum absolute atomic E-state index is 11.2. The fourth-order valence-corrected chi connectivity index (χ4v) is 3.01. The van der Waals surface area contributed by atoms with Crippen LogP contribution in [0.5, 0.6) is 0 Å². The Labute approximate surface area is 165 Å². The third-order valence-electron chi connectivity index (χ3n) is 4.74. The molecule has 0 aromatic carbocycles. The normalized spacial score (nSPS) is 43.2. The number of nitrogens with two attached hydrogens (primary N) is 1. The van der Waals surface area contributed by atoms with E-state index >= 15 is 0 Å². The van der Waals surface area contributed by atoms with E-state index in [1.54, 1.807) is 0 Å². The maximum atomic E-state index is 11.2. The van der Waals surface area contributed by atoms with Gasteiger partial charge in [0.25, 0.3) is 0 Å². The molecule has 14 heteroatoms. The fourth-order valence-electron chi connectivity index (χ4n) is 3.01. The Morgan fingerprint density at radius 2 is 1.41 bits per heavy atom. The molecule has 10 N–H and O–H groups in total. The highest BCUT2D eigenvalue weighted by Gasteiger charge is 2.50. The molecule has 0 aliphatic carbocycles. The Hall–Kier alpha value is -1.01. The lowest BCUT2D eigenvalue weighted by Gasteiger charge is -2.45. The first-order chi connectivity index (χ1) is 13.7. The zero-order valence-corrected chi connectivity index (χ0v) is 15.4. The minimum Gasteiger partial charge on any atom is -0.394 e. The van der Waals surface area contributed by atoms with Gasteiger partial charge in [-0.25, -0.2) is 5.84 Å². The van der Waals surface area contributed by atoms with Crippen LogP contribution < -0.4 is 11.3 Å². The number of aliphatic hydroxyl groups is 7. The van der Waals surface area contributed by atoms with Crippen molar-refractivity contribution in [2.45, 2.75) is 67.8 Å². The third kappa shape index (κ3) is 5.57. The molecule has 0 aromatic heterocycles. The fraction of sp³-hybridized carbons (Fsp3) is 0.933. The summed E-state index contributed by atoms with van der Waals surface area (Å²) in [4.78, 5) is 11.2.